The number of carbonyl (C=O) groups is 1. The minimum atomic E-state index is -0.397. The second-order valence-corrected chi connectivity index (χ2v) is 6.51. The average molecular weight is 383 g/mol. The van der Waals surface area contributed by atoms with Crippen LogP contribution in [0.5, 0.6) is 5.75 Å². The zero-order valence-corrected chi connectivity index (χ0v) is 15.7. The number of halogens is 1. The fourth-order valence-electron chi connectivity index (χ4n) is 2.97. The molecule has 3 aromatic rings. The minimum absolute atomic E-state index is 0.145. The highest BCUT2D eigenvalue weighted by Gasteiger charge is 2.08. The van der Waals surface area contributed by atoms with E-state index in [1.54, 1.807) is 24.3 Å². The van der Waals surface area contributed by atoms with E-state index in [-0.39, 0.29) is 18.3 Å². The minimum Gasteiger partial charge on any atom is -0.484 e. The monoisotopic (exact) mass is 383 g/mol. The highest BCUT2D eigenvalue weighted by molar-refractivity contribution is 5.82. The third kappa shape index (κ3) is 5.19. The Balaban J connectivity index is 1.55. The van der Waals surface area contributed by atoms with E-state index in [1.165, 1.54) is 18.2 Å². The van der Waals surface area contributed by atoms with Crippen molar-refractivity contribution in [2.45, 2.75) is 26.2 Å². The molecule has 5 nitrogen and oxygen atoms in total. The summed E-state index contributed by atoms with van der Waals surface area (Å²) in [7, 11) is 0. The number of rotatable bonds is 8. The maximum absolute atomic E-state index is 12.9. The predicted octanol–water partition coefficient (Wildman–Crippen LogP) is 3.62. The van der Waals surface area contributed by atoms with Gasteiger partial charge in [0.05, 0.1) is 0 Å². The van der Waals surface area contributed by atoms with Crippen LogP contribution in [0.2, 0.25) is 0 Å². The number of fused-ring (bicyclic) bond motifs is 1. The van der Waals surface area contributed by atoms with E-state index < -0.39 is 5.63 Å². The van der Waals surface area contributed by atoms with Crippen molar-refractivity contribution < 1.29 is 18.3 Å². The van der Waals surface area contributed by atoms with Gasteiger partial charge in [-0.25, -0.2) is 9.18 Å². The SMILES string of the molecule is CCCc1cc(=O)oc2cc(OCC(=O)NCCc3ccc(F)cc3)ccc12. The van der Waals surface area contributed by atoms with Crippen molar-refractivity contribution in [1.82, 2.24) is 5.32 Å². The molecular formula is C22H22FNO4. The lowest BCUT2D eigenvalue weighted by Crippen LogP contribution is -2.30. The van der Waals surface area contributed by atoms with Gasteiger partial charge in [-0.1, -0.05) is 25.5 Å². The van der Waals surface area contributed by atoms with Gasteiger partial charge in [-0.05, 0) is 48.2 Å². The first-order valence-electron chi connectivity index (χ1n) is 9.26. The van der Waals surface area contributed by atoms with Crippen LogP contribution < -0.4 is 15.7 Å². The van der Waals surface area contributed by atoms with Gasteiger partial charge in [0.25, 0.3) is 5.91 Å². The largest absolute Gasteiger partial charge is 0.484 e. The van der Waals surface area contributed by atoms with Crippen LogP contribution in [0.15, 0.2) is 57.7 Å². The molecule has 0 spiro atoms. The first-order chi connectivity index (χ1) is 13.5. The molecule has 0 fully saturated rings. The molecular weight excluding hydrogens is 361 g/mol. The smallest absolute Gasteiger partial charge is 0.336 e. The van der Waals surface area contributed by atoms with Crippen LogP contribution in [0, 0.1) is 5.82 Å². The lowest BCUT2D eigenvalue weighted by atomic mass is 10.1. The first kappa shape index (κ1) is 19.6. The Labute approximate surface area is 162 Å². The Morgan fingerprint density at radius 3 is 2.64 bits per heavy atom. The number of hydrogen-bond donors (Lipinski definition) is 1. The molecule has 0 aliphatic carbocycles. The molecule has 1 aromatic heterocycles. The standard InChI is InChI=1S/C22H22FNO4/c1-2-3-16-12-22(26)28-20-13-18(8-9-19(16)20)27-14-21(25)24-11-10-15-4-6-17(23)7-5-15/h4-9,12-13H,2-3,10-11,14H2,1H3,(H,24,25). The highest BCUT2D eigenvalue weighted by Crippen LogP contribution is 2.23. The molecule has 6 heteroatoms. The molecule has 2 aromatic carbocycles. The summed E-state index contributed by atoms with van der Waals surface area (Å²) in [5.74, 6) is -0.0874. The molecule has 1 heterocycles. The van der Waals surface area contributed by atoms with E-state index in [0.717, 1.165) is 29.4 Å². The maximum Gasteiger partial charge on any atom is 0.336 e. The van der Waals surface area contributed by atoms with Crippen molar-refractivity contribution in [2.75, 3.05) is 13.2 Å². The normalized spacial score (nSPS) is 10.8. The molecule has 0 aliphatic heterocycles. The van der Waals surface area contributed by atoms with Gasteiger partial charge in [0.15, 0.2) is 6.61 Å². The van der Waals surface area contributed by atoms with Crippen LogP contribution in [0.3, 0.4) is 0 Å². The Morgan fingerprint density at radius 1 is 1.11 bits per heavy atom. The molecule has 1 N–H and O–H groups in total. The number of carbonyl (C=O) groups excluding carboxylic acids is 1. The Kier molecular flexibility index (Phi) is 6.42. The molecule has 0 saturated carbocycles. The van der Waals surface area contributed by atoms with E-state index in [2.05, 4.69) is 5.32 Å². The van der Waals surface area contributed by atoms with E-state index in [4.69, 9.17) is 9.15 Å². The summed E-state index contributed by atoms with van der Waals surface area (Å²) >= 11 is 0. The number of benzene rings is 2. The fourth-order valence-corrected chi connectivity index (χ4v) is 2.97. The molecule has 0 aliphatic rings. The second-order valence-electron chi connectivity index (χ2n) is 6.51. The molecule has 146 valence electrons. The molecule has 3 rings (SSSR count). The summed E-state index contributed by atoms with van der Waals surface area (Å²) in [5.41, 5.74) is 1.94. The van der Waals surface area contributed by atoms with Gasteiger partial charge in [0.2, 0.25) is 0 Å². The zero-order valence-electron chi connectivity index (χ0n) is 15.7. The summed E-state index contributed by atoms with van der Waals surface area (Å²) in [6.07, 6.45) is 2.32. The second kappa shape index (κ2) is 9.17. The van der Waals surface area contributed by atoms with Crippen molar-refractivity contribution >= 4 is 16.9 Å². The number of amides is 1. The summed E-state index contributed by atoms with van der Waals surface area (Å²) in [6, 6.07) is 12.9. The number of hydrogen-bond acceptors (Lipinski definition) is 4. The molecule has 0 saturated heterocycles. The van der Waals surface area contributed by atoms with E-state index >= 15 is 0 Å². The van der Waals surface area contributed by atoms with Crippen molar-refractivity contribution in [3.05, 3.63) is 75.9 Å². The van der Waals surface area contributed by atoms with Gasteiger partial charge in [-0.2, -0.15) is 0 Å². The topological polar surface area (TPSA) is 68.5 Å². The molecule has 0 radical (unpaired) electrons. The summed E-state index contributed by atoms with van der Waals surface area (Å²) in [4.78, 5) is 23.7. The van der Waals surface area contributed by atoms with Crippen molar-refractivity contribution in [3.8, 4) is 5.75 Å². The van der Waals surface area contributed by atoms with Crippen LogP contribution in [0.4, 0.5) is 4.39 Å². The van der Waals surface area contributed by atoms with E-state index in [9.17, 15) is 14.0 Å². The first-order valence-corrected chi connectivity index (χ1v) is 9.26. The molecule has 0 bridgehead atoms. The van der Waals surface area contributed by atoms with E-state index in [0.29, 0.717) is 24.3 Å². The van der Waals surface area contributed by atoms with Crippen molar-refractivity contribution in [2.24, 2.45) is 0 Å². The lowest BCUT2D eigenvalue weighted by Gasteiger charge is -2.09. The van der Waals surface area contributed by atoms with E-state index in [1.807, 2.05) is 13.0 Å². The summed E-state index contributed by atoms with van der Waals surface area (Å²) in [6.45, 7) is 2.33. The zero-order chi connectivity index (χ0) is 19.9. The van der Waals surface area contributed by atoms with Crippen LogP contribution in [-0.4, -0.2) is 19.1 Å². The third-order valence-corrected chi connectivity index (χ3v) is 4.34. The maximum atomic E-state index is 12.9. The molecule has 28 heavy (non-hydrogen) atoms. The predicted molar refractivity (Wildman–Crippen MR) is 105 cm³/mol. The lowest BCUT2D eigenvalue weighted by molar-refractivity contribution is -0.123. The fraction of sp³-hybridized carbons (Fsp3) is 0.273. The van der Waals surface area contributed by atoms with Crippen molar-refractivity contribution in [3.63, 3.8) is 0 Å². The summed E-state index contributed by atoms with van der Waals surface area (Å²) < 4.78 is 23.6. The van der Waals surface area contributed by atoms with Gasteiger partial charge in [0, 0.05) is 24.1 Å². The van der Waals surface area contributed by atoms with Crippen LogP contribution in [0.25, 0.3) is 11.0 Å². The quantitative estimate of drug-likeness (QED) is 0.603. The average Bonchev–Trinajstić information content (AvgIpc) is 2.68. The summed E-state index contributed by atoms with van der Waals surface area (Å²) in [5, 5.41) is 3.63. The van der Waals surface area contributed by atoms with Gasteiger partial charge < -0.3 is 14.5 Å². The Bertz CT molecular complexity index is 1010. The number of nitrogens with one attached hydrogen (secondary N) is 1. The molecule has 0 unspecified atom stereocenters. The van der Waals surface area contributed by atoms with Gasteiger partial charge in [-0.3, -0.25) is 4.79 Å². The number of aryl methyl sites for hydroxylation is 1. The van der Waals surface area contributed by atoms with Crippen LogP contribution >= 0.6 is 0 Å². The van der Waals surface area contributed by atoms with Gasteiger partial charge in [0.1, 0.15) is 17.1 Å². The van der Waals surface area contributed by atoms with Crippen LogP contribution in [0.1, 0.15) is 24.5 Å². The van der Waals surface area contributed by atoms with Gasteiger partial charge in [-0.15, -0.1) is 0 Å². The van der Waals surface area contributed by atoms with Crippen molar-refractivity contribution in [1.29, 1.82) is 0 Å². The molecule has 0 atom stereocenters. The highest BCUT2D eigenvalue weighted by atomic mass is 19.1. The number of ether oxygens (including phenoxy) is 1. The Hall–Kier alpha value is -3.15. The molecule has 1 amide bonds. The van der Waals surface area contributed by atoms with Crippen LogP contribution in [-0.2, 0) is 17.6 Å². The third-order valence-electron chi connectivity index (χ3n) is 4.34. The van der Waals surface area contributed by atoms with Gasteiger partial charge >= 0.3 is 5.63 Å². The Morgan fingerprint density at radius 2 is 1.89 bits per heavy atom.